The Morgan fingerprint density at radius 2 is 2.10 bits per heavy atom. The molecule has 2 N–H and O–H groups in total. The van der Waals surface area contributed by atoms with Gasteiger partial charge in [-0.05, 0) is 12.1 Å². The second-order valence-electron chi connectivity index (χ2n) is 4.17. The third kappa shape index (κ3) is 2.53. The molecule has 20 heavy (non-hydrogen) atoms. The molecule has 2 aromatic rings. The number of fused-ring (bicyclic) bond motifs is 1. The summed E-state index contributed by atoms with van der Waals surface area (Å²) in [6, 6.07) is 5.43. The largest absolute Gasteiger partial charge is 0.490 e. The van der Waals surface area contributed by atoms with Gasteiger partial charge in [-0.2, -0.15) is 0 Å². The highest BCUT2D eigenvalue weighted by Gasteiger charge is 2.15. The topological polar surface area (TPSA) is 80.7 Å². The van der Waals surface area contributed by atoms with Crippen molar-refractivity contribution in [3.63, 3.8) is 0 Å². The highest BCUT2D eigenvalue weighted by Crippen LogP contribution is 2.34. The van der Waals surface area contributed by atoms with Crippen molar-refractivity contribution in [2.75, 3.05) is 18.5 Å². The number of carboxylic acid groups (broad SMARTS) is 1. The van der Waals surface area contributed by atoms with E-state index in [1.54, 1.807) is 6.07 Å². The van der Waals surface area contributed by atoms with Gasteiger partial charge in [-0.1, -0.05) is 0 Å². The number of ether oxygens (including phenoxy) is 2. The molecule has 2 heterocycles. The molecule has 1 aromatic heterocycles. The maximum Gasteiger partial charge on any atom is 0.357 e. The van der Waals surface area contributed by atoms with Crippen LogP contribution < -0.4 is 14.8 Å². The van der Waals surface area contributed by atoms with E-state index in [1.165, 1.54) is 16.8 Å². The Morgan fingerprint density at radius 1 is 1.30 bits per heavy atom. The second kappa shape index (κ2) is 5.38. The van der Waals surface area contributed by atoms with Gasteiger partial charge in [-0.3, -0.25) is 0 Å². The first kappa shape index (κ1) is 12.7. The Balaban J connectivity index is 1.86. The van der Waals surface area contributed by atoms with Crippen LogP contribution in [0.1, 0.15) is 16.9 Å². The van der Waals surface area contributed by atoms with Gasteiger partial charge in [0.05, 0.1) is 18.7 Å². The fraction of sp³-hybridized carbons (Fsp3) is 0.231. The summed E-state index contributed by atoms with van der Waals surface area (Å²) in [6.45, 7) is 1.25. The van der Waals surface area contributed by atoms with Gasteiger partial charge >= 0.3 is 5.97 Å². The maximum absolute atomic E-state index is 11.0. The number of thiazole rings is 1. The number of hydrogen-bond acceptors (Lipinski definition) is 6. The van der Waals surface area contributed by atoms with Crippen molar-refractivity contribution in [2.45, 2.75) is 6.42 Å². The molecule has 0 bridgehead atoms. The monoisotopic (exact) mass is 292 g/mol. The maximum atomic E-state index is 11.0. The molecule has 0 atom stereocenters. The molecule has 1 aliphatic heterocycles. The number of benzene rings is 1. The van der Waals surface area contributed by atoms with E-state index >= 15 is 0 Å². The minimum absolute atomic E-state index is 0.0158. The molecule has 0 saturated heterocycles. The van der Waals surface area contributed by atoms with Crippen LogP contribution in [0.3, 0.4) is 0 Å². The summed E-state index contributed by atoms with van der Waals surface area (Å²) >= 11 is 1.24. The zero-order valence-corrected chi connectivity index (χ0v) is 11.3. The fourth-order valence-electron chi connectivity index (χ4n) is 1.86. The van der Waals surface area contributed by atoms with Crippen molar-refractivity contribution >= 4 is 28.0 Å². The first-order chi connectivity index (χ1) is 9.74. The first-order valence-electron chi connectivity index (χ1n) is 6.07. The standard InChI is InChI=1S/C13H12N2O4S/c16-13(17)11-12(20-7-14-11)15-8-2-3-9-10(6-8)19-5-1-4-18-9/h2-3,6-7,15H,1,4-5H2,(H,16,17). The lowest BCUT2D eigenvalue weighted by molar-refractivity contribution is 0.0692. The van der Waals surface area contributed by atoms with E-state index in [-0.39, 0.29) is 5.69 Å². The van der Waals surface area contributed by atoms with Crippen molar-refractivity contribution < 1.29 is 19.4 Å². The quantitative estimate of drug-likeness (QED) is 0.905. The van der Waals surface area contributed by atoms with E-state index in [2.05, 4.69) is 10.3 Å². The molecule has 1 aliphatic rings. The smallest absolute Gasteiger partial charge is 0.357 e. The molecule has 3 rings (SSSR count). The van der Waals surface area contributed by atoms with Gasteiger partial charge in [0.2, 0.25) is 0 Å². The van der Waals surface area contributed by atoms with Crippen molar-refractivity contribution in [1.29, 1.82) is 0 Å². The SMILES string of the molecule is O=C(O)c1ncsc1Nc1ccc2c(c1)OCCCO2. The number of anilines is 2. The van der Waals surface area contributed by atoms with Gasteiger partial charge in [0.25, 0.3) is 0 Å². The summed E-state index contributed by atoms with van der Waals surface area (Å²) in [5.41, 5.74) is 2.25. The molecule has 1 aromatic carbocycles. The lowest BCUT2D eigenvalue weighted by Crippen LogP contribution is -2.01. The summed E-state index contributed by atoms with van der Waals surface area (Å²) in [5.74, 6) is 0.313. The number of aromatic carboxylic acids is 1. The predicted molar refractivity (Wildman–Crippen MR) is 74.4 cm³/mol. The van der Waals surface area contributed by atoms with Crippen LogP contribution in [0.2, 0.25) is 0 Å². The summed E-state index contributed by atoms with van der Waals surface area (Å²) < 4.78 is 11.1. The molecule has 7 heteroatoms. The van der Waals surface area contributed by atoms with Gasteiger partial charge in [0, 0.05) is 18.2 Å². The number of nitrogens with zero attached hydrogens (tertiary/aromatic N) is 1. The minimum atomic E-state index is -1.05. The van der Waals surface area contributed by atoms with E-state index in [0.717, 1.165) is 12.1 Å². The van der Waals surface area contributed by atoms with E-state index in [0.29, 0.717) is 29.7 Å². The Kier molecular flexibility index (Phi) is 3.42. The van der Waals surface area contributed by atoms with Crippen LogP contribution in [0.5, 0.6) is 11.5 Å². The lowest BCUT2D eigenvalue weighted by Gasteiger charge is -2.10. The Morgan fingerprint density at radius 3 is 2.90 bits per heavy atom. The predicted octanol–water partition coefficient (Wildman–Crippen LogP) is 2.75. The highest BCUT2D eigenvalue weighted by atomic mass is 32.1. The Labute approximate surface area is 119 Å². The lowest BCUT2D eigenvalue weighted by atomic mass is 10.2. The van der Waals surface area contributed by atoms with E-state index < -0.39 is 5.97 Å². The molecule has 0 unspecified atom stereocenters. The van der Waals surface area contributed by atoms with E-state index in [9.17, 15) is 4.79 Å². The van der Waals surface area contributed by atoms with Crippen LogP contribution in [0.25, 0.3) is 0 Å². The second-order valence-corrected chi connectivity index (χ2v) is 5.03. The fourth-order valence-corrected chi connectivity index (χ4v) is 2.55. The number of rotatable bonds is 3. The van der Waals surface area contributed by atoms with E-state index in [1.807, 2.05) is 12.1 Å². The van der Waals surface area contributed by atoms with Crippen LogP contribution in [0, 0.1) is 0 Å². The number of nitrogens with one attached hydrogen (secondary N) is 1. The number of carboxylic acids is 1. The average molecular weight is 292 g/mol. The van der Waals surface area contributed by atoms with Crippen molar-refractivity contribution in [1.82, 2.24) is 4.98 Å². The third-order valence-corrected chi connectivity index (χ3v) is 3.52. The van der Waals surface area contributed by atoms with Crippen molar-refractivity contribution in [2.24, 2.45) is 0 Å². The molecule has 0 aliphatic carbocycles. The van der Waals surface area contributed by atoms with Gasteiger partial charge in [0.15, 0.2) is 17.2 Å². The van der Waals surface area contributed by atoms with Gasteiger partial charge in [-0.25, -0.2) is 9.78 Å². The van der Waals surface area contributed by atoms with Crippen LogP contribution in [0.4, 0.5) is 10.7 Å². The number of hydrogen-bond donors (Lipinski definition) is 2. The van der Waals surface area contributed by atoms with Crippen LogP contribution in [0.15, 0.2) is 23.7 Å². The van der Waals surface area contributed by atoms with E-state index in [4.69, 9.17) is 14.6 Å². The van der Waals surface area contributed by atoms with Gasteiger partial charge in [0.1, 0.15) is 5.00 Å². The summed E-state index contributed by atoms with van der Waals surface area (Å²) in [4.78, 5) is 14.8. The van der Waals surface area contributed by atoms with Crippen molar-refractivity contribution in [3.05, 3.63) is 29.4 Å². The zero-order chi connectivity index (χ0) is 13.9. The van der Waals surface area contributed by atoms with Gasteiger partial charge in [-0.15, -0.1) is 11.3 Å². The van der Waals surface area contributed by atoms with Gasteiger partial charge < -0.3 is 19.9 Å². The minimum Gasteiger partial charge on any atom is -0.490 e. The number of carbonyl (C=O) groups is 1. The van der Waals surface area contributed by atoms with Crippen LogP contribution in [-0.2, 0) is 0 Å². The molecule has 104 valence electrons. The molecule has 0 fully saturated rings. The Hall–Kier alpha value is -2.28. The van der Waals surface area contributed by atoms with Crippen LogP contribution in [-0.4, -0.2) is 29.3 Å². The van der Waals surface area contributed by atoms with Crippen molar-refractivity contribution in [3.8, 4) is 11.5 Å². The Bertz CT molecular complexity index is 641. The zero-order valence-electron chi connectivity index (χ0n) is 10.5. The normalized spacial score (nSPS) is 13.6. The molecule has 0 saturated carbocycles. The van der Waals surface area contributed by atoms with Crippen LogP contribution >= 0.6 is 11.3 Å². The summed E-state index contributed by atoms with van der Waals surface area (Å²) in [7, 11) is 0. The third-order valence-electron chi connectivity index (χ3n) is 2.78. The molecular weight excluding hydrogens is 280 g/mol. The summed E-state index contributed by atoms with van der Waals surface area (Å²) in [6.07, 6.45) is 0.843. The molecule has 0 radical (unpaired) electrons. The summed E-state index contributed by atoms with van der Waals surface area (Å²) in [5, 5.41) is 12.6. The number of aromatic nitrogens is 1. The molecular formula is C13H12N2O4S. The average Bonchev–Trinajstić information content (AvgIpc) is 2.76. The highest BCUT2D eigenvalue weighted by molar-refractivity contribution is 7.14. The molecule has 0 amide bonds. The first-order valence-corrected chi connectivity index (χ1v) is 6.95. The molecule has 6 nitrogen and oxygen atoms in total. The molecule has 0 spiro atoms.